The number of aromatic hydroxyl groups is 1. The number of hydrogen-bond acceptors (Lipinski definition) is 4. The predicted octanol–water partition coefficient (Wildman–Crippen LogP) is 2.90. The fraction of sp³-hybridized carbons (Fsp3) is 0.286. The molecule has 2 aromatic rings. The molecule has 1 aliphatic rings. The molecule has 0 bridgehead atoms. The molecule has 0 aliphatic heterocycles. The van der Waals surface area contributed by atoms with Gasteiger partial charge in [0.25, 0.3) is 5.91 Å². The number of thiazole rings is 1. The average molecular weight is 274 g/mol. The molecule has 0 radical (unpaired) electrons. The molecule has 3 rings (SSSR count). The summed E-state index contributed by atoms with van der Waals surface area (Å²) in [4.78, 5) is 17.9. The Hall–Kier alpha value is -1.88. The largest absolute Gasteiger partial charge is 0.508 e. The number of amides is 1. The van der Waals surface area contributed by atoms with Gasteiger partial charge in [0, 0.05) is 16.0 Å². The van der Waals surface area contributed by atoms with E-state index in [1.807, 2.05) is 0 Å². The number of fused-ring (bicyclic) bond motifs is 1. The summed E-state index contributed by atoms with van der Waals surface area (Å²) in [5.74, 6) is -0.0879. The molecule has 1 aliphatic carbocycles. The first-order valence-electron chi connectivity index (χ1n) is 6.23. The molecule has 5 heteroatoms. The van der Waals surface area contributed by atoms with Crippen molar-refractivity contribution in [2.75, 3.05) is 5.32 Å². The van der Waals surface area contributed by atoms with Crippen LogP contribution in [0.4, 0.5) is 5.13 Å². The highest BCUT2D eigenvalue weighted by Gasteiger charge is 2.19. The van der Waals surface area contributed by atoms with Gasteiger partial charge in [0.15, 0.2) is 5.13 Å². The van der Waals surface area contributed by atoms with E-state index in [1.165, 1.54) is 4.88 Å². The van der Waals surface area contributed by atoms with Gasteiger partial charge in [-0.1, -0.05) is 6.07 Å². The number of rotatable bonds is 2. The molecule has 1 heterocycles. The second-order valence-corrected chi connectivity index (χ2v) is 5.73. The van der Waals surface area contributed by atoms with E-state index in [9.17, 15) is 9.90 Å². The molecule has 19 heavy (non-hydrogen) atoms. The van der Waals surface area contributed by atoms with Crippen molar-refractivity contribution in [3.05, 3.63) is 39.9 Å². The standard InChI is InChI=1S/C14H14N2O2S/c1-8-9(4-2-6-11(8)17)13(18)16-14-15-10-5-3-7-12(10)19-14/h2,4,6,17H,3,5,7H2,1H3,(H,15,16,18). The summed E-state index contributed by atoms with van der Waals surface area (Å²) in [6.07, 6.45) is 3.23. The van der Waals surface area contributed by atoms with Crippen LogP contribution in [-0.4, -0.2) is 16.0 Å². The molecular formula is C14H14N2O2S. The Labute approximate surface area is 115 Å². The zero-order valence-electron chi connectivity index (χ0n) is 10.6. The third kappa shape index (κ3) is 2.21. The van der Waals surface area contributed by atoms with Gasteiger partial charge in [0.1, 0.15) is 5.75 Å². The van der Waals surface area contributed by atoms with Crippen molar-refractivity contribution >= 4 is 22.4 Å². The van der Waals surface area contributed by atoms with E-state index in [0.29, 0.717) is 16.3 Å². The molecule has 98 valence electrons. The van der Waals surface area contributed by atoms with Crippen molar-refractivity contribution < 1.29 is 9.90 Å². The van der Waals surface area contributed by atoms with Crippen molar-refractivity contribution in [3.63, 3.8) is 0 Å². The molecule has 4 nitrogen and oxygen atoms in total. The van der Waals surface area contributed by atoms with E-state index in [0.717, 1.165) is 25.0 Å². The van der Waals surface area contributed by atoms with Crippen molar-refractivity contribution in [2.24, 2.45) is 0 Å². The van der Waals surface area contributed by atoms with Crippen molar-refractivity contribution in [3.8, 4) is 5.75 Å². The predicted molar refractivity (Wildman–Crippen MR) is 74.9 cm³/mol. The second kappa shape index (κ2) is 4.66. The van der Waals surface area contributed by atoms with Gasteiger partial charge in [-0.25, -0.2) is 4.98 Å². The second-order valence-electron chi connectivity index (χ2n) is 4.65. The lowest BCUT2D eigenvalue weighted by Crippen LogP contribution is -2.13. The Balaban J connectivity index is 1.82. The van der Waals surface area contributed by atoms with Crippen molar-refractivity contribution in [1.29, 1.82) is 0 Å². The van der Waals surface area contributed by atoms with Gasteiger partial charge in [0.05, 0.1) is 5.69 Å². The van der Waals surface area contributed by atoms with E-state index in [4.69, 9.17) is 0 Å². The summed E-state index contributed by atoms with van der Waals surface area (Å²) >= 11 is 1.55. The summed E-state index contributed by atoms with van der Waals surface area (Å²) in [6.45, 7) is 1.73. The molecule has 1 aromatic carbocycles. The molecule has 1 amide bonds. The molecule has 0 spiro atoms. The first-order chi connectivity index (χ1) is 9.15. The maximum absolute atomic E-state index is 12.2. The fourth-order valence-electron chi connectivity index (χ4n) is 2.28. The SMILES string of the molecule is Cc1c(O)cccc1C(=O)Nc1nc2c(s1)CCC2. The highest BCUT2D eigenvalue weighted by atomic mass is 32.1. The lowest BCUT2D eigenvalue weighted by molar-refractivity contribution is 0.102. The lowest BCUT2D eigenvalue weighted by Gasteiger charge is -2.06. The third-order valence-electron chi connectivity index (χ3n) is 3.37. The molecule has 1 aromatic heterocycles. The van der Waals surface area contributed by atoms with Crippen LogP contribution in [0.2, 0.25) is 0 Å². The first-order valence-corrected chi connectivity index (χ1v) is 7.05. The van der Waals surface area contributed by atoms with Crippen LogP contribution in [0.15, 0.2) is 18.2 Å². The minimum atomic E-state index is -0.221. The molecule has 0 saturated heterocycles. The number of benzene rings is 1. The number of hydrogen-bond donors (Lipinski definition) is 2. The Morgan fingerprint density at radius 2 is 2.26 bits per heavy atom. The summed E-state index contributed by atoms with van der Waals surface area (Å²) in [5.41, 5.74) is 2.19. The molecule has 0 fully saturated rings. The Morgan fingerprint density at radius 1 is 1.42 bits per heavy atom. The maximum Gasteiger partial charge on any atom is 0.257 e. The number of nitrogens with zero attached hydrogens (tertiary/aromatic N) is 1. The van der Waals surface area contributed by atoms with Gasteiger partial charge in [-0.15, -0.1) is 11.3 Å². The van der Waals surface area contributed by atoms with Gasteiger partial charge in [-0.3, -0.25) is 10.1 Å². The molecular weight excluding hydrogens is 260 g/mol. The fourth-order valence-corrected chi connectivity index (χ4v) is 3.32. The van der Waals surface area contributed by atoms with Gasteiger partial charge < -0.3 is 5.11 Å². The zero-order valence-corrected chi connectivity index (χ0v) is 11.4. The Bertz CT molecular complexity index is 627. The third-order valence-corrected chi connectivity index (χ3v) is 4.44. The smallest absolute Gasteiger partial charge is 0.257 e. The van der Waals surface area contributed by atoms with Crippen LogP contribution in [0.5, 0.6) is 5.75 Å². The van der Waals surface area contributed by atoms with Crippen LogP contribution >= 0.6 is 11.3 Å². The minimum absolute atomic E-state index is 0.134. The zero-order chi connectivity index (χ0) is 13.4. The van der Waals surface area contributed by atoms with E-state index in [1.54, 1.807) is 36.5 Å². The van der Waals surface area contributed by atoms with E-state index < -0.39 is 0 Å². The van der Waals surface area contributed by atoms with E-state index in [-0.39, 0.29) is 11.7 Å². The maximum atomic E-state index is 12.2. The summed E-state index contributed by atoms with van der Waals surface area (Å²) < 4.78 is 0. The van der Waals surface area contributed by atoms with Crippen LogP contribution in [0.1, 0.15) is 32.9 Å². The van der Waals surface area contributed by atoms with Crippen LogP contribution in [0, 0.1) is 6.92 Å². The quantitative estimate of drug-likeness (QED) is 0.885. The first kappa shape index (κ1) is 12.2. The Kier molecular flexibility index (Phi) is 2.98. The van der Waals surface area contributed by atoms with Crippen molar-refractivity contribution in [1.82, 2.24) is 4.98 Å². The highest BCUT2D eigenvalue weighted by Crippen LogP contribution is 2.31. The number of phenolic OH excluding ortho intramolecular Hbond substituents is 1. The van der Waals surface area contributed by atoms with Crippen LogP contribution < -0.4 is 5.32 Å². The number of carbonyl (C=O) groups excluding carboxylic acids is 1. The average Bonchev–Trinajstić information content (AvgIpc) is 2.93. The van der Waals surface area contributed by atoms with Gasteiger partial charge in [0.2, 0.25) is 0 Å². The van der Waals surface area contributed by atoms with Crippen LogP contribution in [0.25, 0.3) is 0 Å². The number of aromatic nitrogens is 1. The molecule has 0 unspecified atom stereocenters. The summed E-state index contributed by atoms with van der Waals surface area (Å²) in [7, 11) is 0. The number of phenols is 1. The monoisotopic (exact) mass is 274 g/mol. The number of carbonyl (C=O) groups is 1. The van der Waals surface area contributed by atoms with Gasteiger partial charge in [-0.05, 0) is 38.3 Å². The number of aryl methyl sites for hydroxylation is 2. The summed E-state index contributed by atoms with van der Waals surface area (Å²) in [5, 5.41) is 13.1. The minimum Gasteiger partial charge on any atom is -0.508 e. The van der Waals surface area contributed by atoms with Crippen LogP contribution in [-0.2, 0) is 12.8 Å². The van der Waals surface area contributed by atoms with E-state index >= 15 is 0 Å². The number of nitrogens with one attached hydrogen (secondary N) is 1. The summed E-state index contributed by atoms with van der Waals surface area (Å²) in [6, 6.07) is 4.94. The van der Waals surface area contributed by atoms with Gasteiger partial charge >= 0.3 is 0 Å². The topological polar surface area (TPSA) is 62.2 Å². The molecule has 0 atom stereocenters. The van der Waals surface area contributed by atoms with Crippen LogP contribution in [0.3, 0.4) is 0 Å². The lowest BCUT2D eigenvalue weighted by atomic mass is 10.1. The number of anilines is 1. The molecule has 0 saturated carbocycles. The van der Waals surface area contributed by atoms with E-state index in [2.05, 4.69) is 10.3 Å². The normalized spacial score (nSPS) is 13.3. The molecule has 2 N–H and O–H groups in total. The highest BCUT2D eigenvalue weighted by molar-refractivity contribution is 7.16. The van der Waals surface area contributed by atoms with Gasteiger partial charge in [-0.2, -0.15) is 0 Å². The Morgan fingerprint density at radius 3 is 3.05 bits per heavy atom. The van der Waals surface area contributed by atoms with Crippen molar-refractivity contribution in [2.45, 2.75) is 26.2 Å².